The Morgan fingerprint density at radius 2 is 2.06 bits per heavy atom. The highest BCUT2D eigenvalue weighted by atomic mass is 19.1. The smallest absolute Gasteiger partial charge is 0.126 e. The summed E-state index contributed by atoms with van der Waals surface area (Å²) >= 11 is 0. The van der Waals surface area contributed by atoms with Gasteiger partial charge in [-0.25, -0.2) is 4.39 Å². The summed E-state index contributed by atoms with van der Waals surface area (Å²) < 4.78 is 60.6. The Labute approximate surface area is 116 Å². The zero-order chi connectivity index (χ0) is 17.6. The second-order valence-electron chi connectivity index (χ2n) is 5.40. The summed E-state index contributed by atoms with van der Waals surface area (Å²) in [6, 6.07) is -1.54. The zero-order valence-electron chi connectivity index (χ0n) is 16.1. The van der Waals surface area contributed by atoms with E-state index in [4.69, 9.17) is 11.6 Å². The largest absolute Gasteiger partial charge is 0.379 e. The van der Waals surface area contributed by atoms with Crippen LogP contribution in [-0.2, 0) is 16.6 Å². The van der Waals surface area contributed by atoms with Crippen LogP contribution in [-0.4, -0.2) is 31.2 Å². The topological polar surface area (TPSA) is 12.5 Å². The van der Waals surface area contributed by atoms with Crippen LogP contribution in [0, 0.1) is 5.82 Å². The minimum Gasteiger partial charge on any atom is -0.379 e. The molecule has 1 heterocycles. The van der Waals surface area contributed by atoms with Crippen LogP contribution in [0.25, 0.3) is 0 Å². The third kappa shape index (κ3) is 3.30. The van der Waals surface area contributed by atoms with Gasteiger partial charge in [0, 0.05) is 22.3 Å². The maximum atomic E-state index is 14.4. The van der Waals surface area contributed by atoms with Crippen LogP contribution in [0.5, 0.6) is 0 Å². The van der Waals surface area contributed by atoms with Gasteiger partial charge in [-0.1, -0.05) is 32.9 Å². The summed E-state index contributed by atoms with van der Waals surface area (Å²) in [5, 5.41) is 0. The third-order valence-electron chi connectivity index (χ3n) is 2.80. The molecule has 0 aliphatic carbocycles. The molecule has 3 heteroatoms. The molecule has 1 aliphatic rings. The molecule has 0 radical (unpaired) electrons. The minimum atomic E-state index is -2.12. The molecule has 1 aliphatic heterocycles. The number of ether oxygens (including phenoxy) is 1. The molecule has 1 aromatic carbocycles. The number of halogens is 1. The molecule has 1 fully saturated rings. The summed E-state index contributed by atoms with van der Waals surface area (Å²) in [5.41, 5.74) is -1.03. The van der Waals surface area contributed by atoms with E-state index in [2.05, 4.69) is 0 Å². The monoisotopic (exact) mass is 256 g/mol. The van der Waals surface area contributed by atoms with Gasteiger partial charge in [0.15, 0.2) is 0 Å². The van der Waals surface area contributed by atoms with Gasteiger partial charge in [0.25, 0.3) is 0 Å². The van der Waals surface area contributed by atoms with Gasteiger partial charge >= 0.3 is 0 Å². The molecule has 0 amide bonds. The summed E-state index contributed by atoms with van der Waals surface area (Å²) in [4.78, 5) is 1.48. The highest BCUT2D eigenvalue weighted by Crippen LogP contribution is 2.26. The third-order valence-corrected chi connectivity index (χ3v) is 2.80. The first-order chi connectivity index (χ1) is 10.5. The predicted octanol–water partition coefficient (Wildman–Crippen LogP) is 2.96. The summed E-state index contributed by atoms with van der Waals surface area (Å²) in [6.45, 7) is 4.37. The van der Waals surface area contributed by atoms with Crippen molar-refractivity contribution in [1.82, 2.24) is 4.90 Å². The molecule has 100 valence electrons. The van der Waals surface area contributed by atoms with Crippen LogP contribution in [0.1, 0.15) is 38.8 Å². The Morgan fingerprint density at radius 1 is 1.39 bits per heavy atom. The van der Waals surface area contributed by atoms with Crippen LogP contribution in [0.15, 0.2) is 18.1 Å². The SMILES string of the molecule is [2H]c1c([2H])c(C([2H])([2H])N2CCOCC2)c([2H])c(C(C)(C)C)c1F. The Bertz CT molecular complexity index is 609. The average Bonchev–Trinajstić information content (AvgIpc) is 2.44. The maximum Gasteiger partial charge on any atom is 0.126 e. The predicted molar refractivity (Wildman–Crippen MR) is 71.2 cm³/mol. The van der Waals surface area contributed by atoms with Crippen molar-refractivity contribution in [3.8, 4) is 0 Å². The van der Waals surface area contributed by atoms with E-state index in [-0.39, 0.29) is 17.2 Å². The molecule has 0 atom stereocenters. The van der Waals surface area contributed by atoms with Crippen molar-refractivity contribution in [2.75, 3.05) is 26.3 Å². The highest BCUT2D eigenvalue weighted by Gasteiger charge is 2.19. The van der Waals surface area contributed by atoms with Crippen LogP contribution in [0.3, 0.4) is 0 Å². The van der Waals surface area contributed by atoms with E-state index < -0.39 is 29.8 Å². The lowest BCUT2D eigenvalue weighted by atomic mass is 9.85. The molecule has 0 saturated carbocycles. The molecule has 0 aromatic heterocycles. The normalized spacial score (nSPS) is 22.8. The lowest BCUT2D eigenvalue weighted by molar-refractivity contribution is 0.0341. The van der Waals surface area contributed by atoms with E-state index in [9.17, 15) is 4.39 Å². The van der Waals surface area contributed by atoms with E-state index in [1.54, 1.807) is 20.8 Å². The van der Waals surface area contributed by atoms with Gasteiger partial charge < -0.3 is 4.74 Å². The van der Waals surface area contributed by atoms with Gasteiger partial charge in [-0.2, -0.15) is 0 Å². The van der Waals surface area contributed by atoms with Crippen molar-refractivity contribution in [2.24, 2.45) is 0 Å². The molecule has 0 spiro atoms. The summed E-state index contributed by atoms with van der Waals surface area (Å²) in [6.07, 6.45) is 0. The van der Waals surface area contributed by atoms with Crippen LogP contribution in [0.2, 0.25) is 0 Å². The number of hydrogen-bond donors (Lipinski definition) is 0. The van der Waals surface area contributed by atoms with Crippen molar-refractivity contribution in [1.29, 1.82) is 0 Å². The van der Waals surface area contributed by atoms with E-state index >= 15 is 0 Å². The molecule has 0 unspecified atom stereocenters. The van der Waals surface area contributed by atoms with E-state index in [1.807, 2.05) is 0 Å². The van der Waals surface area contributed by atoms with E-state index in [0.29, 0.717) is 26.3 Å². The standard InChI is InChI=1S/C15H22FNO/c1-15(2,3)13-10-12(4-5-14(13)16)11-17-6-8-18-9-7-17/h4-5,10H,6-9,11H2,1-3H3/i4D,5D,10D,11D2. The summed E-state index contributed by atoms with van der Waals surface area (Å²) in [5.74, 6) is -0.908. The number of hydrogen-bond acceptors (Lipinski definition) is 2. The molecule has 18 heavy (non-hydrogen) atoms. The fourth-order valence-corrected chi connectivity index (χ4v) is 1.80. The van der Waals surface area contributed by atoms with E-state index in [0.717, 1.165) is 0 Å². The Kier molecular flexibility index (Phi) is 2.47. The first-order valence-electron chi connectivity index (χ1n) is 8.62. The van der Waals surface area contributed by atoms with E-state index in [1.165, 1.54) is 4.90 Å². The first kappa shape index (κ1) is 8.28. The van der Waals surface area contributed by atoms with Gasteiger partial charge in [0.1, 0.15) is 5.82 Å². The van der Waals surface area contributed by atoms with Crippen molar-refractivity contribution in [2.45, 2.75) is 32.7 Å². The van der Waals surface area contributed by atoms with Gasteiger partial charge in [-0.05, 0) is 22.6 Å². The molecule has 1 saturated heterocycles. The second kappa shape index (κ2) is 5.37. The Balaban J connectivity index is 2.69. The number of rotatable bonds is 2. The highest BCUT2D eigenvalue weighted by molar-refractivity contribution is 5.30. The molecular formula is C15H22FNO. The lowest BCUT2D eigenvalue weighted by Crippen LogP contribution is -2.35. The first-order valence-corrected chi connectivity index (χ1v) is 6.12. The molecule has 1 aromatic rings. The molecule has 0 N–H and O–H groups in total. The fraction of sp³-hybridized carbons (Fsp3) is 0.600. The quantitative estimate of drug-likeness (QED) is 0.806. The molecule has 2 rings (SSSR count). The van der Waals surface area contributed by atoms with Crippen molar-refractivity contribution >= 4 is 0 Å². The number of nitrogens with zero attached hydrogens (tertiary/aromatic N) is 1. The molecule has 0 bridgehead atoms. The number of morpholine rings is 1. The molecular weight excluding hydrogens is 229 g/mol. The second-order valence-corrected chi connectivity index (χ2v) is 5.40. The minimum absolute atomic E-state index is 0.0226. The van der Waals surface area contributed by atoms with Crippen LogP contribution in [0.4, 0.5) is 4.39 Å². The maximum absolute atomic E-state index is 14.4. The fourth-order valence-electron chi connectivity index (χ4n) is 1.80. The Hall–Kier alpha value is -0.930. The van der Waals surface area contributed by atoms with Gasteiger partial charge in [0.05, 0.1) is 17.3 Å². The zero-order valence-corrected chi connectivity index (χ0v) is 11.1. The Morgan fingerprint density at radius 3 is 2.67 bits per heavy atom. The van der Waals surface area contributed by atoms with Crippen molar-refractivity contribution in [3.05, 3.63) is 35.1 Å². The van der Waals surface area contributed by atoms with Crippen molar-refractivity contribution in [3.63, 3.8) is 0 Å². The molecule has 2 nitrogen and oxygen atoms in total. The lowest BCUT2D eigenvalue weighted by Gasteiger charge is -2.27. The average molecular weight is 256 g/mol. The van der Waals surface area contributed by atoms with Gasteiger partial charge in [-0.3, -0.25) is 4.90 Å². The van der Waals surface area contributed by atoms with Crippen LogP contribution >= 0.6 is 0 Å². The summed E-state index contributed by atoms with van der Waals surface area (Å²) in [7, 11) is 0. The van der Waals surface area contributed by atoms with Gasteiger partial charge in [-0.15, -0.1) is 0 Å². The van der Waals surface area contributed by atoms with Crippen LogP contribution < -0.4 is 0 Å². The number of benzene rings is 1. The van der Waals surface area contributed by atoms with Crippen molar-refractivity contribution < 1.29 is 16.0 Å². The van der Waals surface area contributed by atoms with Gasteiger partial charge in [0.2, 0.25) is 0 Å².